The predicted molar refractivity (Wildman–Crippen MR) is 74.9 cm³/mol. The monoisotopic (exact) mass is 290 g/mol. The fourth-order valence-electron chi connectivity index (χ4n) is 1.82. The van der Waals surface area contributed by atoms with E-state index in [0.717, 1.165) is 0 Å². The first-order chi connectivity index (χ1) is 9.88. The summed E-state index contributed by atoms with van der Waals surface area (Å²) < 4.78 is 26.1. The Labute approximate surface area is 119 Å². The molecule has 4 N–H and O–H groups in total. The SMILES string of the molecule is CC1=CC(c2ccc(F)cc2)=N/C(=C(/C(=N)F)C(N)=O)N1. The van der Waals surface area contributed by atoms with Gasteiger partial charge in [-0.3, -0.25) is 10.2 Å². The second-order valence-corrected chi connectivity index (χ2v) is 4.36. The van der Waals surface area contributed by atoms with Crippen molar-refractivity contribution in [3.63, 3.8) is 0 Å². The summed E-state index contributed by atoms with van der Waals surface area (Å²) in [6.07, 6.45) is 1.65. The van der Waals surface area contributed by atoms with Gasteiger partial charge in [-0.25, -0.2) is 9.38 Å². The number of allylic oxidation sites excluding steroid dienone is 2. The Hall–Kier alpha value is -2.83. The van der Waals surface area contributed by atoms with Crippen molar-refractivity contribution < 1.29 is 13.6 Å². The van der Waals surface area contributed by atoms with E-state index in [0.29, 0.717) is 17.0 Å². The second-order valence-electron chi connectivity index (χ2n) is 4.36. The Bertz CT molecular complexity index is 686. The zero-order valence-corrected chi connectivity index (χ0v) is 11.1. The van der Waals surface area contributed by atoms with Gasteiger partial charge in [-0.1, -0.05) is 0 Å². The number of primary amides is 1. The molecule has 0 saturated heterocycles. The maximum atomic E-state index is 13.2. The molecule has 108 valence electrons. The Morgan fingerprint density at radius 2 is 1.95 bits per heavy atom. The molecular formula is C14H12F2N4O. The van der Waals surface area contributed by atoms with Gasteiger partial charge in [0.2, 0.25) is 5.97 Å². The number of amides is 1. The molecule has 0 saturated carbocycles. The lowest BCUT2D eigenvalue weighted by Gasteiger charge is -2.17. The van der Waals surface area contributed by atoms with Crippen molar-refractivity contribution in [3.05, 3.63) is 58.8 Å². The van der Waals surface area contributed by atoms with Gasteiger partial charge in [-0.2, -0.15) is 4.39 Å². The van der Waals surface area contributed by atoms with Crippen LogP contribution in [0.15, 0.2) is 52.4 Å². The maximum absolute atomic E-state index is 13.2. The minimum atomic E-state index is -1.47. The van der Waals surface area contributed by atoms with E-state index >= 15 is 0 Å². The van der Waals surface area contributed by atoms with Crippen molar-refractivity contribution in [2.75, 3.05) is 0 Å². The van der Waals surface area contributed by atoms with Gasteiger partial charge in [0.15, 0.2) is 0 Å². The minimum absolute atomic E-state index is 0.144. The highest BCUT2D eigenvalue weighted by atomic mass is 19.1. The van der Waals surface area contributed by atoms with Crippen LogP contribution in [0.2, 0.25) is 0 Å². The van der Waals surface area contributed by atoms with E-state index in [9.17, 15) is 13.6 Å². The van der Waals surface area contributed by atoms with Crippen molar-refractivity contribution >= 4 is 17.6 Å². The first-order valence-electron chi connectivity index (χ1n) is 5.97. The molecule has 1 heterocycles. The largest absolute Gasteiger partial charge is 0.365 e. The molecule has 1 aromatic carbocycles. The number of aliphatic imine (C=N–C) groups is 1. The molecular weight excluding hydrogens is 278 g/mol. The summed E-state index contributed by atoms with van der Waals surface area (Å²) in [6, 6.07) is 5.54. The minimum Gasteiger partial charge on any atom is -0.365 e. The Balaban J connectivity index is 2.55. The predicted octanol–water partition coefficient (Wildman–Crippen LogP) is 1.77. The van der Waals surface area contributed by atoms with Gasteiger partial charge in [0.25, 0.3) is 5.91 Å². The van der Waals surface area contributed by atoms with Gasteiger partial charge in [0.1, 0.15) is 17.2 Å². The highest BCUT2D eigenvalue weighted by molar-refractivity contribution is 6.18. The van der Waals surface area contributed by atoms with Crippen LogP contribution in [0.1, 0.15) is 12.5 Å². The number of nitrogens with one attached hydrogen (secondary N) is 2. The van der Waals surface area contributed by atoms with Crippen LogP contribution in [-0.4, -0.2) is 17.6 Å². The van der Waals surface area contributed by atoms with Crippen LogP contribution in [0, 0.1) is 11.2 Å². The van der Waals surface area contributed by atoms with Crippen LogP contribution in [0.25, 0.3) is 0 Å². The van der Waals surface area contributed by atoms with Gasteiger partial charge >= 0.3 is 0 Å². The third-order valence-corrected chi connectivity index (χ3v) is 2.74. The third kappa shape index (κ3) is 3.19. The van der Waals surface area contributed by atoms with E-state index in [1.807, 2.05) is 0 Å². The number of nitrogens with two attached hydrogens (primary N) is 1. The van der Waals surface area contributed by atoms with E-state index in [1.165, 1.54) is 24.3 Å². The van der Waals surface area contributed by atoms with Gasteiger partial charge < -0.3 is 11.1 Å². The molecule has 5 nitrogen and oxygen atoms in total. The quantitative estimate of drug-likeness (QED) is 0.584. The number of hydrogen-bond acceptors (Lipinski definition) is 4. The fraction of sp³-hybridized carbons (Fsp3) is 0.0714. The molecule has 2 rings (SSSR count). The average Bonchev–Trinajstić information content (AvgIpc) is 2.37. The summed E-state index contributed by atoms with van der Waals surface area (Å²) in [5.74, 6) is -3.11. The molecule has 1 aliphatic rings. The van der Waals surface area contributed by atoms with Crippen LogP contribution >= 0.6 is 0 Å². The summed E-state index contributed by atoms with van der Waals surface area (Å²) in [4.78, 5) is 15.3. The van der Waals surface area contributed by atoms with Gasteiger partial charge in [0.05, 0.1) is 5.71 Å². The van der Waals surface area contributed by atoms with Crippen LogP contribution in [0.5, 0.6) is 0 Å². The van der Waals surface area contributed by atoms with E-state index in [2.05, 4.69) is 10.3 Å². The topological polar surface area (TPSA) is 91.3 Å². The molecule has 1 aromatic rings. The molecule has 7 heteroatoms. The fourth-order valence-corrected chi connectivity index (χ4v) is 1.82. The highest BCUT2D eigenvalue weighted by Crippen LogP contribution is 2.16. The lowest BCUT2D eigenvalue weighted by molar-refractivity contribution is -0.114. The molecule has 1 amide bonds. The summed E-state index contributed by atoms with van der Waals surface area (Å²) in [5, 5.41) is 9.67. The van der Waals surface area contributed by atoms with Crippen molar-refractivity contribution in [1.82, 2.24) is 5.32 Å². The van der Waals surface area contributed by atoms with E-state index in [4.69, 9.17) is 11.1 Å². The number of rotatable bonds is 3. The van der Waals surface area contributed by atoms with E-state index in [-0.39, 0.29) is 5.82 Å². The van der Waals surface area contributed by atoms with Crippen molar-refractivity contribution in [2.45, 2.75) is 6.92 Å². The Morgan fingerprint density at radius 3 is 2.48 bits per heavy atom. The number of nitrogens with zero attached hydrogens (tertiary/aromatic N) is 1. The average molecular weight is 290 g/mol. The molecule has 0 fully saturated rings. The summed E-state index contributed by atoms with van der Waals surface area (Å²) in [6.45, 7) is 1.68. The molecule has 0 bridgehead atoms. The molecule has 0 spiro atoms. The normalized spacial score (nSPS) is 16.5. The first-order valence-corrected chi connectivity index (χ1v) is 5.97. The highest BCUT2D eigenvalue weighted by Gasteiger charge is 2.21. The van der Waals surface area contributed by atoms with E-state index in [1.54, 1.807) is 13.0 Å². The van der Waals surface area contributed by atoms with Crippen LogP contribution < -0.4 is 11.1 Å². The lowest BCUT2D eigenvalue weighted by atomic mass is 10.1. The third-order valence-electron chi connectivity index (χ3n) is 2.74. The molecule has 0 atom stereocenters. The standard InChI is InChI=1S/C14H12F2N4O/c1-7-6-10(8-2-4-9(15)5-3-8)20-14(19-7)11(12(16)17)13(18)21/h2-6,17,19H,1H3,(H2,18,21)/b14-11-,17-12?. The van der Waals surface area contributed by atoms with Crippen molar-refractivity contribution in [2.24, 2.45) is 10.7 Å². The molecule has 0 unspecified atom stereocenters. The first kappa shape index (κ1) is 14.6. The van der Waals surface area contributed by atoms with Crippen LogP contribution in [-0.2, 0) is 4.79 Å². The molecule has 0 aromatic heterocycles. The Kier molecular flexibility index (Phi) is 3.93. The molecule has 21 heavy (non-hydrogen) atoms. The number of benzene rings is 1. The second kappa shape index (κ2) is 5.66. The van der Waals surface area contributed by atoms with Gasteiger partial charge in [-0.05, 0) is 37.3 Å². The van der Waals surface area contributed by atoms with Gasteiger partial charge in [0, 0.05) is 11.3 Å². The summed E-state index contributed by atoms with van der Waals surface area (Å²) >= 11 is 0. The summed E-state index contributed by atoms with van der Waals surface area (Å²) in [7, 11) is 0. The number of carbonyl (C=O) groups is 1. The molecule has 0 radical (unpaired) electrons. The number of halogens is 2. The smallest absolute Gasteiger partial charge is 0.257 e. The zero-order valence-electron chi connectivity index (χ0n) is 11.1. The van der Waals surface area contributed by atoms with Crippen LogP contribution in [0.4, 0.5) is 8.78 Å². The summed E-state index contributed by atoms with van der Waals surface area (Å²) in [5.41, 5.74) is 6.00. The van der Waals surface area contributed by atoms with Crippen molar-refractivity contribution in [3.8, 4) is 0 Å². The lowest BCUT2D eigenvalue weighted by Crippen LogP contribution is -2.27. The zero-order chi connectivity index (χ0) is 15.6. The Morgan fingerprint density at radius 1 is 1.33 bits per heavy atom. The molecule has 1 aliphatic heterocycles. The number of hydrogen-bond donors (Lipinski definition) is 3. The maximum Gasteiger partial charge on any atom is 0.257 e. The number of carbonyl (C=O) groups excluding carboxylic acids is 1. The van der Waals surface area contributed by atoms with Crippen molar-refractivity contribution in [1.29, 1.82) is 5.41 Å². The van der Waals surface area contributed by atoms with Gasteiger partial charge in [-0.15, -0.1) is 0 Å². The van der Waals surface area contributed by atoms with E-state index < -0.39 is 23.3 Å². The molecule has 0 aliphatic carbocycles. The van der Waals surface area contributed by atoms with Crippen LogP contribution in [0.3, 0.4) is 0 Å².